The molecule has 1 saturated heterocycles. The minimum absolute atomic E-state index is 0.0605. The Labute approximate surface area is 77.5 Å². The second kappa shape index (κ2) is 3.62. The standard InChI is InChI=1S/C9H16FNO2/c1-7(10)9(5-8(12)13)3-4-11(2)6-9/h7H,3-6H2,1-2H3,(H,12,13). The maximum Gasteiger partial charge on any atom is 0.304 e. The first-order valence-electron chi connectivity index (χ1n) is 4.51. The topological polar surface area (TPSA) is 40.5 Å². The third-order valence-electron chi connectivity index (χ3n) is 2.92. The van der Waals surface area contributed by atoms with Crippen LogP contribution in [0.25, 0.3) is 0 Å². The molecule has 3 nitrogen and oxygen atoms in total. The molecule has 0 aromatic carbocycles. The average molecular weight is 189 g/mol. The Morgan fingerprint density at radius 1 is 1.77 bits per heavy atom. The van der Waals surface area contributed by atoms with Gasteiger partial charge in [-0.25, -0.2) is 4.39 Å². The van der Waals surface area contributed by atoms with E-state index < -0.39 is 17.6 Å². The number of halogens is 1. The van der Waals surface area contributed by atoms with E-state index in [-0.39, 0.29) is 6.42 Å². The molecule has 1 heterocycles. The lowest BCUT2D eigenvalue weighted by atomic mass is 9.79. The molecule has 1 aliphatic rings. The van der Waals surface area contributed by atoms with E-state index >= 15 is 0 Å². The summed E-state index contributed by atoms with van der Waals surface area (Å²) >= 11 is 0. The van der Waals surface area contributed by atoms with Crippen molar-refractivity contribution in [3.63, 3.8) is 0 Å². The van der Waals surface area contributed by atoms with Gasteiger partial charge in [-0.15, -0.1) is 0 Å². The molecule has 13 heavy (non-hydrogen) atoms. The van der Waals surface area contributed by atoms with Gasteiger partial charge in [-0.1, -0.05) is 0 Å². The lowest BCUT2D eigenvalue weighted by Gasteiger charge is -2.28. The molecule has 0 radical (unpaired) electrons. The van der Waals surface area contributed by atoms with Gasteiger partial charge in [0.15, 0.2) is 0 Å². The predicted octanol–water partition coefficient (Wildman–Crippen LogP) is 1.14. The first kappa shape index (κ1) is 10.4. The van der Waals surface area contributed by atoms with Crippen LogP contribution in [0.2, 0.25) is 0 Å². The highest BCUT2D eigenvalue weighted by molar-refractivity contribution is 5.68. The zero-order valence-electron chi connectivity index (χ0n) is 8.09. The molecule has 2 atom stereocenters. The molecule has 0 bridgehead atoms. The monoisotopic (exact) mass is 189 g/mol. The van der Waals surface area contributed by atoms with E-state index in [2.05, 4.69) is 0 Å². The van der Waals surface area contributed by atoms with Gasteiger partial charge in [0.05, 0.1) is 6.42 Å². The molecule has 76 valence electrons. The molecule has 1 N–H and O–H groups in total. The van der Waals surface area contributed by atoms with Crippen molar-refractivity contribution in [3.8, 4) is 0 Å². The smallest absolute Gasteiger partial charge is 0.304 e. The van der Waals surface area contributed by atoms with Crippen LogP contribution in [0.5, 0.6) is 0 Å². The van der Waals surface area contributed by atoms with E-state index in [1.54, 1.807) is 0 Å². The Balaban J connectivity index is 2.71. The molecule has 0 amide bonds. The molecule has 4 heteroatoms. The van der Waals surface area contributed by atoms with Gasteiger partial charge in [0.25, 0.3) is 0 Å². The van der Waals surface area contributed by atoms with Crippen molar-refractivity contribution in [2.75, 3.05) is 20.1 Å². The Bertz CT molecular complexity index is 208. The summed E-state index contributed by atoms with van der Waals surface area (Å²) in [4.78, 5) is 12.6. The zero-order chi connectivity index (χ0) is 10.1. The van der Waals surface area contributed by atoms with E-state index in [0.29, 0.717) is 13.0 Å². The molecular formula is C9H16FNO2. The van der Waals surface area contributed by atoms with E-state index in [0.717, 1.165) is 6.54 Å². The fourth-order valence-corrected chi connectivity index (χ4v) is 2.02. The molecule has 1 fully saturated rings. The van der Waals surface area contributed by atoms with Crippen molar-refractivity contribution in [1.82, 2.24) is 4.90 Å². The fraction of sp³-hybridized carbons (Fsp3) is 0.889. The number of aliphatic carboxylic acids is 1. The number of carboxylic acids is 1. The molecule has 1 rings (SSSR count). The van der Waals surface area contributed by atoms with Crippen molar-refractivity contribution in [2.24, 2.45) is 5.41 Å². The van der Waals surface area contributed by atoms with E-state index in [4.69, 9.17) is 5.11 Å². The number of nitrogens with zero attached hydrogens (tertiary/aromatic N) is 1. The van der Waals surface area contributed by atoms with Crippen molar-refractivity contribution in [3.05, 3.63) is 0 Å². The zero-order valence-corrected chi connectivity index (χ0v) is 8.09. The minimum Gasteiger partial charge on any atom is -0.481 e. The summed E-state index contributed by atoms with van der Waals surface area (Å²) in [7, 11) is 1.89. The van der Waals surface area contributed by atoms with Crippen LogP contribution in [0.4, 0.5) is 4.39 Å². The van der Waals surface area contributed by atoms with Gasteiger partial charge in [-0.2, -0.15) is 0 Å². The summed E-state index contributed by atoms with van der Waals surface area (Å²) in [6, 6.07) is 0. The summed E-state index contributed by atoms with van der Waals surface area (Å²) in [5.74, 6) is -0.903. The van der Waals surface area contributed by atoms with Crippen molar-refractivity contribution in [2.45, 2.75) is 25.9 Å². The van der Waals surface area contributed by atoms with Crippen LogP contribution in [0.3, 0.4) is 0 Å². The molecule has 2 unspecified atom stereocenters. The van der Waals surface area contributed by atoms with Crippen molar-refractivity contribution >= 4 is 5.97 Å². The number of hydrogen-bond acceptors (Lipinski definition) is 2. The Kier molecular flexibility index (Phi) is 2.91. The van der Waals surface area contributed by atoms with Crippen molar-refractivity contribution < 1.29 is 14.3 Å². The summed E-state index contributed by atoms with van der Waals surface area (Å²) in [6.07, 6.45) is -0.462. The summed E-state index contributed by atoms with van der Waals surface area (Å²) in [5, 5.41) is 8.69. The third-order valence-corrected chi connectivity index (χ3v) is 2.92. The number of rotatable bonds is 3. The number of alkyl halides is 1. The second-order valence-corrected chi connectivity index (χ2v) is 4.04. The Morgan fingerprint density at radius 2 is 2.38 bits per heavy atom. The molecule has 0 aromatic rings. The van der Waals surface area contributed by atoms with E-state index in [1.807, 2.05) is 11.9 Å². The quantitative estimate of drug-likeness (QED) is 0.723. The minimum atomic E-state index is -1.05. The lowest BCUT2D eigenvalue weighted by molar-refractivity contribution is -0.140. The predicted molar refractivity (Wildman–Crippen MR) is 47.4 cm³/mol. The van der Waals surface area contributed by atoms with Gasteiger partial charge in [-0.3, -0.25) is 4.79 Å². The number of carboxylic acid groups (broad SMARTS) is 1. The van der Waals surface area contributed by atoms with E-state index in [1.165, 1.54) is 6.92 Å². The summed E-state index contributed by atoms with van der Waals surface area (Å²) in [6.45, 7) is 2.81. The summed E-state index contributed by atoms with van der Waals surface area (Å²) < 4.78 is 13.3. The molecule has 0 saturated carbocycles. The summed E-state index contributed by atoms with van der Waals surface area (Å²) in [5.41, 5.74) is -0.652. The fourth-order valence-electron chi connectivity index (χ4n) is 2.02. The highest BCUT2D eigenvalue weighted by Crippen LogP contribution is 2.38. The van der Waals surface area contributed by atoms with Crippen LogP contribution in [-0.4, -0.2) is 42.3 Å². The van der Waals surface area contributed by atoms with Gasteiger partial charge < -0.3 is 10.0 Å². The molecule has 1 aliphatic heterocycles. The number of likely N-dealkylation sites (tertiary alicyclic amines) is 1. The van der Waals surface area contributed by atoms with Crippen LogP contribution >= 0.6 is 0 Å². The Morgan fingerprint density at radius 3 is 2.69 bits per heavy atom. The molecular weight excluding hydrogens is 173 g/mol. The van der Waals surface area contributed by atoms with Crippen LogP contribution in [-0.2, 0) is 4.79 Å². The highest BCUT2D eigenvalue weighted by atomic mass is 19.1. The van der Waals surface area contributed by atoms with Crippen LogP contribution in [0.15, 0.2) is 0 Å². The van der Waals surface area contributed by atoms with E-state index in [9.17, 15) is 9.18 Å². The first-order chi connectivity index (χ1) is 5.96. The van der Waals surface area contributed by atoms with Gasteiger partial charge in [-0.05, 0) is 26.9 Å². The number of carbonyl (C=O) groups is 1. The van der Waals surface area contributed by atoms with Crippen molar-refractivity contribution in [1.29, 1.82) is 0 Å². The molecule has 0 aliphatic carbocycles. The molecule has 0 aromatic heterocycles. The number of hydrogen-bond donors (Lipinski definition) is 1. The third kappa shape index (κ3) is 2.18. The first-order valence-corrected chi connectivity index (χ1v) is 4.51. The highest BCUT2D eigenvalue weighted by Gasteiger charge is 2.43. The van der Waals surface area contributed by atoms with Crippen LogP contribution in [0, 0.1) is 5.41 Å². The maximum atomic E-state index is 13.3. The second-order valence-electron chi connectivity index (χ2n) is 4.04. The maximum absolute atomic E-state index is 13.3. The van der Waals surface area contributed by atoms with Gasteiger partial charge >= 0.3 is 5.97 Å². The molecule has 0 spiro atoms. The van der Waals surface area contributed by atoms with Gasteiger partial charge in [0.2, 0.25) is 0 Å². The SMILES string of the molecule is CC(F)C1(CC(=O)O)CCN(C)C1. The lowest BCUT2D eigenvalue weighted by Crippen LogP contribution is -2.35. The average Bonchev–Trinajstić information content (AvgIpc) is 2.31. The van der Waals surface area contributed by atoms with Crippen LogP contribution < -0.4 is 0 Å². The Hall–Kier alpha value is -0.640. The van der Waals surface area contributed by atoms with Gasteiger partial charge in [0.1, 0.15) is 6.17 Å². The normalized spacial score (nSPS) is 31.9. The van der Waals surface area contributed by atoms with Crippen LogP contribution in [0.1, 0.15) is 19.8 Å². The largest absolute Gasteiger partial charge is 0.481 e. The van der Waals surface area contributed by atoms with Gasteiger partial charge in [0, 0.05) is 12.0 Å².